The fourth-order valence-electron chi connectivity index (χ4n) is 1.41. The summed E-state index contributed by atoms with van der Waals surface area (Å²) in [4.78, 5) is 11.7. The summed E-state index contributed by atoms with van der Waals surface area (Å²) >= 11 is 5.86. The van der Waals surface area contributed by atoms with Crippen LogP contribution in [0.2, 0.25) is 5.02 Å². The third kappa shape index (κ3) is 4.55. The first-order valence-corrected chi connectivity index (χ1v) is 6.04. The first-order chi connectivity index (χ1) is 8.19. The molecule has 1 atom stereocenters. The molecule has 2 N–H and O–H groups in total. The number of aliphatic hydroxyl groups excluding tert-OH is 1. The van der Waals surface area contributed by atoms with Gasteiger partial charge in [-0.1, -0.05) is 17.7 Å². The molecule has 0 spiro atoms. The first kappa shape index (κ1) is 14.8. The topological polar surface area (TPSA) is 58.6 Å². The summed E-state index contributed by atoms with van der Waals surface area (Å²) in [5.41, 5.74) is 0.463. The van der Waals surface area contributed by atoms with E-state index in [4.69, 9.17) is 16.3 Å². The molecule has 0 aliphatic heterocycles. The van der Waals surface area contributed by atoms with Crippen molar-refractivity contribution in [2.75, 3.05) is 5.32 Å². The maximum absolute atomic E-state index is 11.7. The molecule has 0 saturated heterocycles. The lowest BCUT2D eigenvalue weighted by molar-refractivity contribution is 0.0635. The standard InChI is InChI=1S/C13H18ClNO3/c1-8(16)10-6-5-9(14)7-11(10)15-12(17)18-13(2,3)4/h5-8,16H,1-4H3,(H,15,17)/t8-/m0/s1. The van der Waals surface area contributed by atoms with Gasteiger partial charge < -0.3 is 9.84 Å². The van der Waals surface area contributed by atoms with E-state index in [0.717, 1.165) is 0 Å². The minimum Gasteiger partial charge on any atom is -0.444 e. The van der Waals surface area contributed by atoms with Crippen LogP contribution in [0, 0.1) is 0 Å². The molecule has 0 bridgehead atoms. The molecular weight excluding hydrogens is 254 g/mol. The molecule has 1 rings (SSSR count). The van der Waals surface area contributed by atoms with Crippen LogP contribution in [0.3, 0.4) is 0 Å². The first-order valence-electron chi connectivity index (χ1n) is 5.66. The van der Waals surface area contributed by atoms with E-state index in [2.05, 4.69) is 5.32 Å². The van der Waals surface area contributed by atoms with Gasteiger partial charge in [-0.2, -0.15) is 0 Å². The molecule has 1 amide bonds. The van der Waals surface area contributed by atoms with E-state index in [0.29, 0.717) is 16.3 Å². The van der Waals surface area contributed by atoms with Crippen molar-refractivity contribution < 1.29 is 14.6 Å². The zero-order chi connectivity index (χ0) is 13.9. The van der Waals surface area contributed by atoms with E-state index >= 15 is 0 Å². The van der Waals surface area contributed by atoms with Gasteiger partial charge in [0.1, 0.15) is 5.60 Å². The molecule has 0 saturated carbocycles. The molecule has 0 radical (unpaired) electrons. The van der Waals surface area contributed by atoms with Crippen molar-refractivity contribution in [1.82, 2.24) is 0 Å². The van der Waals surface area contributed by atoms with Gasteiger partial charge in [-0.25, -0.2) is 4.79 Å². The van der Waals surface area contributed by atoms with E-state index in [1.54, 1.807) is 45.9 Å². The van der Waals surface area contributed by atoms with Gasteiger partial charge >= 0.3 is 6.09 Å². The summed E-state index contributed by atoms with van der Waals surface area (Å²) in [6.07, 6.45) is -1.28. The zero-order valence-electron chi connectivity index (χ0n) is 11.0. The van der Waals surface area contributed by atoms with Gasteiger partial charge in [-0.15, -0.1) is 0 Å². The van der Waals surface area contributed by atoms with Crippen molar-refractivity contribution >= 4 is 23.4 Å². The van der Waals surface area contributed by atoms with Crippen molar-refractivity contribution in [3.05, 3.63) is 28.8 Å². The summed E-state index contributed by atoms with van der Waals surface area (Å²) in [7, 11) is 0. The third-order valence-electron chi connectivity index (χ3n) is 2.10. The molecule has 100 valence electrons. The van der Waals surface area contributed by atoms with E-state index in [-0.39, 0.29) is 0 Å². The lowest BCUT2D eigenvalue weighted by Crippen LogP contribution is -2.27. The summed E-state index contributed by atoms with van der Waals surface area (Å²) < 4.78 is 5.14. The Morgan fingerprint density at radius 2 is 2.06 bits per heavy atom. The summed E-state index contributed by atoms with van der Waals surface area (Å²) in [6.45, 7) is 6.95. The van der Waals surface area contributed by atoms with E-state index < -0.39 is 17.8 Å². The number of carbonyl (C=O) groups excluding carboxylic acids is 1. The summed E-state index contributed by atoms with van der Waals surface area (Å²) in [5.74, 6) is 0. The number of ether oxygens (including phenoxy) is 1. The average Bonchev–Trinajstić information content (AvgIpc) is 2.13. The van der Waals surface area contributed by atoms with Crippen LogP contribution in [0.4, 0.5) is 10.5 Å². The molecule has 0 heterocycles. The van der Waals surface area contributed by atoms with Gasteiger partial charge in [0.15, 0.2) is 0 Å². The number of amides is 1. The number of hydrogen-bond acceptors (Lipinski definition) is 3. The maximum Gasteiger partial charge on any atom is 0.412 e. The van der Waals surface area contributed by atoms with Crippen molar-refractivity contribution in [3.63, 3.8) is 0 Å². The predicted molar refractivity (Wildman–Crippen MR) is 71.9 cm³/mol. The molecule has 0 aliphatic carbocycles. The Bertz CT molecular complexity index is 438. The van der Waals surface area contributed by atoms with Gasteiger partial charge in [-0.3, -0.25) is 5.32 Å². The highest BCUT2D eigenvalue weighted by Crippen LogP contribution is 2.26. The Hall–Kier alpha value is -1.26. The van der Waals surface area contributed by atoms with Crippen LogP contribution in [-0.2, 0) is 4.74 Å². The van der Waals surface area contributed by atoms with Crippen LogP contribution in [0.1, 0.15) is 39.4 Å². The second kappa shape index (κ2) is 5.59. The van der Waals surface area contributed by atoms with Crippen LogP contribution in [0.15, 0.2) is 18.2 Å². The summed E-state index contributed by atoms with van der Waals surface area (Å²) in [5, 5.41) is 12.7. The monoisotopic (exact) mass is 271 g/mol. The normalized spacial score (nSPS) is 13.0. The number of benzene rings is 1. The second-order valence-corrected chi connectivity index (χ2v) is 5.47. The molecule has 0 fully saturated rings. The van der Waals surface area contributed by atoms with E-state index in [1.807, 2.05) is 0 Å². The van der Waals surface area contributed by atoms with Gasteiger partial charge in [0, 0.05) is 10.6 Å². The lowest BCUT2D eigenvalue weighted by atomic mass is 10.1. The fourth-order valence-corrected chi connectivity index (χ4v) is 1.59. The van der Waals surface area contributed by atoms with Gasteiger partial charge in [0.25, 0.3) is 0 Å². The van der Waals surface area contributed by atoms with Gasteiger partial charge in [0.05, 0.1) is 11.8 Å². The number of anilines is 1. The average molecular weight is 272 g/mol. The second-order valence-electron chi connectivity index (χ2n) is 5.03. The summed E-state index contributed by atoms with van der Waals surface area (Å²) in [6, 6.07) is 4.90. The lowest BCUT2D eigenvalue weighted by Gasteiger charge is -2.21. The van der Waals surface area contributed by atoms with Crippen LogP contribution >= 0.6 is 11.6 Å². The number of carbonyl (C=O) groups is 1. The van der Waals surface area contributed by atoms with Crippen LogP contribution in [0.25, 0.3) is 0 Å². The van der Waals surface area contributed by atoms with E-state index in [9.17, 15) is 9.90 Å². The maximum atomic E-state index is 11.7. The zero-order valence-corrected chi connectivity index (χ0v) is 11.7. The smallest absolute Gasteiger partial charge is 0.412 e. The molecule has 1 aromatic rings. The number of hydrogen-bond donors (Lipinski definition) is 2. The molecule has 0 aromatic heterocycles. The predicted octanol–water partition coefficient (Wildman–Crippen LogP) is 3.74. The van der Waals surface area contributed by atoms with Crippen molar-refractivity contribution in [2.45, 2.75) is 39.4 Å². The quantitative estimate of drug-likeness (QED) is 0.861. The number of halogens is 1. The highest BCUT2D eigenvalue weighted by Gasteiger charge is 2.18. The minimum absolute atomic E-state index is 0.451. The number of rotatable bonds is 2. The molecule has 0 unspecified atom stereocenters. The van der Waals surface area contributed by atoms with E-state index in [1.165, 1.54) is 0 Å². The molecule has 0 aliphatic rings. The van der Waals surface area contributed by atoms with Gasteiger partial charge in [-0.05, 0) is 39.8 Å². The largest absolute Gasteiger partial charge is 0.444 e. The van der Waals surface area contributed by atoms with Crippen molar-refractivity contribution in [3.8, 4) is 0 Å². The number of aliphatic hydroxyl groups is 1. The van der Waals surface area contributed by atoms with Crippen molar-refractivity contribution in [1.29, 1.82) is 0 Å². The highest BCUT2D eigenvalue weighted by molar-refractivity contribution is 6.31. The SMILES string of the molecule is C[C@H](O)c1ccc(Cl)cc1NC(=O)OC(C)(C)C. The molecule has 4 nitrogen and oxygen atoms in total. The molecule has 1 aromatic carbocycles. The van der Waals surface area contributed by atoms with Crippen molar-refractivity contribution in [2.24, 2.45) is 0 Å². The molecule has 18 heavy (non-hydrogen) atoms. The molecular formula is C13H18ClNO3. The molecule has 5 heteroatoms. The Balaban J connectivity index is 2.89. The van der Waals surface area contributed by atoms with Crippen LogP contribution in [0.5, 0.6) is 0 Å². The van der Waals surface area contributed by atoms with Crippen LogP contribution < -0.4 is 5.32 Å². The minimum atomic E-state index is -0.702. The van der Waals surface area contributed by atoms with Gasteiger partial charge in [0.2, 0.25) is 0 Å². The third-order valence-corrected chi connectivity index (χ3v) is 2.34. The fraction of sp³-hybridized carbons (Fsp3) is 0.462. The highest BCUT2D eigenvalue weighted by atomic mass is 35.5. The Morgan fingerprint density at radius 1 is 1.44 bits per heavy atom. The number of nitrogens with one attached hydrogen (secondary N) is 1. The Labute approximate surface area is 112 Å². The Morgan fingerprint density at radius 3 is 2.56 bits per heavy atom. The van der Waals surface area contributed by atoms with Crippen LogP contribution in [-0.4, -0.2) is 16.8 Å². The Kier molecular flexibility index (Phi) is 4.59.